The molecule has 0 radical (unpaired) electrons. The number of amides is 1. The van der Waals surface area contributed by atoms with Gasteiger partial charge in [-0.15, -0.1) is 11.3 Å². The number of carbonyl (C=O) groups is 3. The summed E-state index contributed by atoms with van der Waals surface area (Å²) in [6.07, 6.45) is 8.24. The van der Waals surface area contributed by atoms with Crippen LogP contribution in [0.15, 0.2) is 60.0 Å². The zero-order valence-electron chi connectivity index (χ0n) is 31.8. The Morgan fingerprint density at radius 1 is 1.07 bits per heavy atom. The van der Waals surface area contributed by atoms with Crippen LogP contribution in [0, 0.1) is 25.2 Å². The number of carboxylic acid groups (broad SMARTS) is 1. The van der Waals surface area contributed by atoms with Gasteiger partial charge in [0, 0.05) is 40.9 Å². The van der Waals surface area contributed by atoms with Gasteiger partial charge in [-0.3, -0.25) is 14.4 Å². The number of allylic oxidation sites excluding steroid dienone is 2. The number of aryl methyl sites for hydroxylation is 2. The van der Waals surface area contributed by atoms with E-state index < -0.39 is 29.6 Å². The van der Waals surface area contributed by atoms with E-state index >= 15 is 0 Å². The predicted octanol–water partition coefficient (Wildman–Crippen LogP) is 8.51. The van der Waals surface area contributed by atoms with Crippen LogP contribution in [0.25, 0.3) is 21.6 Å². The van der Waals surface area contributed by atoms with Gasteiger partial charge in [0.25, 0.3) is 0 Å². The molecule has 4 heterocycles. The average Bonchev–Trinajstić information content (AvgIpc) is 3.44. The summed E-state index contributed by atoms with van der Waals surface area (Å²) in [7, 11) is 1.63. The summed E-state index contributed by atoms with van der Waals surface area (Å²) in [5.41, 5.74) is 4.03. The Balaban J connectivity index is 1.25. The highest BCUT2D eigenvalue weighted by atomic mass is 32.1. The number of rotatable bonds is 8. The number of pyridine rings is 1. The maximum atomic E-state index is 14.7. The molecule has 4 aromatic rings. The average molecular weight is 751 g/mol. The van der Waals surface area contributed by atoms with Crippen molar-refractivity contribution in [1.29, 1.82) is 0 Å². The largest absolute Gasteiger partial charge is 0.496 e. The molecule has 1 saturated heterocycles. The fraction of sp³-hybridized carbons (Fsp3) is 0.465. The van der Waals surface area contributed by atoms with Crippen LogP contribution in [0.5, 0.6) is 11.5 Å². The molecule has 1 saturated carbocycles. The number of nitrogens with one attached hydrogen (secondary N) is 1. The lowest BCUT2D eigenvalue weighted by Gasteiger charge is -2.29. The predicted molar refractivity (Wildman–Crippen MR) is 211 cm³/mol. The van der Waals surface area contributed by atoms with Crippen LogP contribution in [0.2, 0.25) is 0 Å². The first-order valence-electron chi connectivity index (χ1n) is 19.1. The van der Waals surface area contributed by atoms with Gasteiger partial charge in [0.05, 0.1) is 36.3 Å². The van der Waals surface area contributed by atoms with E-state index in [0.29, 0.717) is 30.0 Å². The van der Waals surface area contributed by atoms with Crippen LogP contribution in [0.1, 0.15) is 88.0 Å². The molecule has 0 bridgehead atoms. The molecular weight excluding hydrogens is 701 g/mol. The van der Waals surface area contributed by atoms with E-state index in [4.69, 9.17) is 19.4 Å². The van der Waals surface area contributed by atoms with Crippen molar-refractivity contribution in [2.45, 2.75) is 103 Å². The number of Topliss-reactive ketones (excluding diaryl/α,β-unsaturated/α-hetero) is 1. The number of hydrogen-bond donors (Lipinski definition) is 2. The van der Waals surface area contributed by atoms with Gasteiger partial charge in [-0.1, -0.05) is 51.0 Å². The second-order valence-corrected chi connectivity index (χ2v) is 16.4. The summed E-state index contributed by atoms with van der Waals surface area (Å²) >= 11 is 1.53. The quantitative estimate of drug-likeness (QED) is 0.170. The van der Waals surface area contributed by atoms with Crippen molar-refractivity contribution in [3.63, 3.8) is 0 Å². The molecule has 0 spiro atoms. The fourth-order valence-corrected chi connectivity index (χ4v) is 9.01. The minimum Gasteiger partial charge on any atom is -0.496 e. The van der Waals surface area contributed by atoms with Crippen LogP contribution in [0.3, 0.4) is 0 Å². The molecule has 1 aliphatic carbocycles. The number of fused-ring (bicyclic) bond motifs is 3. The topological polar surface area (TPSA) is 131 Å². The van der Waals surface area contributed by atoms with Crippen LogP contribution >= 0.6 is 11.3 Å². The van der Waals surface area contributed by atoms with Crippen molar-refractivity contribution < 1.29 is 29.0 Å². The summed E-state index contributed by atoms with van der Waals surface area (Å²) in [4.78, 5) is 53.3. The molecular formula is C43H50N4O6S. The van der Waals surface area contributed by atoms with Gasteiger partial charge in [-0.2, -0.15) is 0 Å². The van der Waals surface area contributed by atoms with Crippen molar-refractivity contribution in [3.8, 4) is 22.2 Å². The van der Waals surface area contributed by atoms with Gasteiger partial charge in [0.15, 0.2) is 5.78 Å². The lowest BCUT2D eigenvalue weighted by molar-refractivity contribution is -0.147. The van der Waals surface area contributed by atoms with E-state index in [0.717, 1.165) is 64.1 Å². The molecule has 284 valence electrons. The third kappa shape index (κ3) is 7.60. The molecule has 10 nitrogen and oxygen atoms in total. The highest BCUT2D eigenvalue weighted by Crippen LogP contribution is 2.57. The van der Waals surface area contributed by atoms with Gasteiger partial charge in [0.1, 0.15) is 34.3 Å². The third-order valence-corrected chi connectivity index (χ3v) is 12.2. The Bertz CT molecular complexity index is 2090. The number of nitrogens with zero attached hydrogens (tertiary/aromatic N) is 3. The molecule has 2 aromatic carbocycles. The highest BCUT2D eigenvalue weighted by molar-refractivity contribution is 7.13. The zero-order chi connectivity index (χ0) is 38.1. The molecule has 11 heteroatoms. The van der Waals surface area contributed by atoms with Crippen LogP contribution in [-0.2, 0) is 14.4 Å². The van der Waals surface area contributed by atoms with E-state index in [-0.39, 0.29) is 42.9 Å². The molecule has 7 rings (SSSR count). The van der Waals surface area contributed by atoms with Crippen molar-refractivity contribution in [1.82, 2.24) is 14.9 Å². The number of anilines is 1. The number of methoxy groups -OCH3 is 1. The number of ether oxygens (including phenoxy) is 2. The Labute approximate surface area is 321 Å². The lowest BCUT2D eigenvalue weighted by Crippen LogP contribution is -2.48. The van der Waals surface area contributed by atoms with Crippen LogP contribution in [0.4, 0.5) is 5.69 Å². The first-order chi connectivity index (χ1) is 26.0. The standard InChI is InChI=1S/C43H50N4O6S/c1-25(2)34-24-54-40(46-34)33-20-38(31-16-17-37(52-5)27(4)39(31)45-33)53-30-19-35-36(48)22-43(42(50)51)21-28(43)13-9-7-6-8-10-15-32(41(49)47(35)23-30)44-29-14-11-12-26(3)18-29/h9,11-14,16-18,20,24-25,28,30,32,35,44H,6-8,10,15,19,21-23H2,1-5H3,(H,50,51)/b13-9-/t28-,30-,32+,35+,43-/m1/s1. The summed E-state index contributed by atoms with van der Waals surface area (Å²) in [5, 5.41) is 17.5. The summed E-state index contributed by atoms with van der Waals surface area (Å²) in [5.74, 6) is -0.00593. The van der Waals surface area contributed by atoms with Crippen molar-refractivity contribution in [2.75, 3.05) is 19.0 Å². The number of carboxylic acids is 1. The first-order valence-corrected chi connectivity index (χ1v) is 20.0. The first kappa shape index (κ1) is 37.5. The normalized spacial score (nSPS) is 25.4. The number of ketones is 1. The molecule has 2 N–H and O–H groups in total. The van der Waals surface area contributed by atoms with E-state index in [1.165, 1.54) is 11.3 Å². The molecule has 3 aliphatic rings. The minimum absolute atomic E-state index is 0.127. The summed E-state index contributed by atoms with van der Waals surface area (Å²) < 4.78 is 12.5. The molecule has 2 fully saturated rings. The fourth-order valence-electron chi connectivity index (χ4n) is 8.07. The van der Waals surface area contributed by atoms with E-state index in [2.05, 4.69) is 30.6 Å². The Morgan fingerprint density at radius 2 is 1.91 bits per heavy atom. The van der Waals surface area contributed by atoms with Gasteiger partial charge >= 0.3 is 5.97 Å². The lowest BCUT2D eigenvalue weighted by atomic mass is 9.92. The van der Waals surface area contributed by atoms with E-state index in [1.54, 1.807) is 12.0 Å². The molecule has 1 amide bonds. The SMILES string of the molecule is COc1ccc2c(O[C@@H]3C[C@H]4C(=O)C[C@]5(C(=O)O)C[C@H]5/C=C\CCCCC[C@H](Nc5cccc(C)c5)C(=O)N4C3)cc(-c3nc(C(C)C)cs3)nc2c1C. The molecule has 54 heavy (non-hydrogen) atoms. The Kier molecular flexibility index (Phi) is 10.8. The van der Waals surface area contributed by atoms with Crippen LogP contribution in [-0.4, -0.2) is 69.5 Å². The van der Waals surface area contributed by atoms with Gasteiger partial charge in [-0.05, 0) is 81.2 Å². The van der Waals surface area contributed by atoms with Crippen LogP contribution < -0.4 is 14.8 Å². The number of carbonyl (C=O) groups excluding carboxylic acids is 2. The number of aliphatic carboxylic acids is 1. The van der Waals surface area contributed by atoms with Gasteiger partial charge in [-0.25, -0.2) is 9.97 Å². The van der Waals surface area contributed by atoms with Crippen molar-refractivity contribution >= 4 is 45.6 Å². The van der Waals surface area contributed by atoms with Crippen molar-refractivity contribution in [2.24, 2.45) is 11.3 Å². The number of hydrogen-bond acceptors (Lipinski definition) is 9. The van der Waals surface area contributed by atoms with Gasteiger partial charge in [0.2, 0.25) is 5.91 Å². The maximum Gasteiger partial charge on any atom is 0.310 e. The summed E-state index contributed by atoms with van der Waals surface area (Å²) in [6, 6.07) is 12.3. The summed E-state index contributed by atoms with van der Waals surface area (Å²) in [6.45, 7) is 8.38. The third-order valence-electron chi connectivity index (χ3n) is 11.3. The molecule has 2 aromatic heterocycles. The molecule has 0 unspecified atom stereocenters. The minimum atomic E-state index is -1.14. The van der Waals surface area contributed by atoms with E-state index in [1.807, 2.05) is 62.4 Å². The monoisotopic (exact) mass is 750 g/mol. The smallest absolute Gasteiger partial charge is 0.310 e. The number of aromatic nitrogens is 2. The Morgan fingerprint density at radius 3 is 2.65 bits per heavy atom. The highest BCUT2D eigenvalue weighted by Gasteiger charge is 2.61. The number of thiazole rings is 1. The van der Waals surface area contributed by atoms with E-state index in [9.17, 15) is 19.5 Å². The Hall–Kier alpha value is -4.77. The molecule has 2 aliphatic heterocycles. The maximum absolute atomic E-state index is 14.7. The molecule has 5 atom stereocenters. The van der Waals surface area contributed by atoms with Crippen molar-refractivity contribution in [3.05, 3.63) is 76.8 Å². The van der Waals surface area contributed by atoms with Gasteiger partial charge < -0.3 is 24.8 Å². The zero-order valence-corrected chi connectivity index (χ0v) is 32.6. The second-order valence-electron chi connectivity index (χ2n) is 15.6. The second kappa shape index (κ2) is 15.5. The number of benzene rings is 2.